The van der Waals surface area contributed by atoms with Gasteiger partial charge in [0, 0.05) is 50.1 Å². The van der Waals surface area contributed by atoms with E-state index in [1.165, 1.54) is 22.3 Å². The van der Waals surface area contributed by atoms with Gasteiger partial charge in [-0.1, -0.05) is 29.9 Å². The number of nitrogens with two attached hydrogens (primary N) is 1. The van der Waals surface area contributed by atoms with Crippen molar-refractivity contribution >= 4 is 23.2 Å². The summed E-state index contributed by atoms with van der Waals surface area (Å²) in [5.74, 6) is 0. The number of thiocarbonyl (C=S) groups is 1. The molecule has 0 aliphatic carbocycles. The Hall–Kier alpha value is -1.50. The standard InChI is InChI=1S/C22H35N3O2S/c1-15-9-18(11-20(28)12-23)17(3)19(10-15)14-24-7-8-25(16(2)13-24)21(26)27-22(4,5)6/h9-10,16H,7-8,11-14,23H2,1-6H3/t16-/m0/s1. The molecule has 0 saturated carbocycles. The van der Waals surface area contributed by atoms with Crippen LogP contribution in [-0.4, -0.2) is 58.6 Å². The van der Waals surface area contributed by atoms with Crippen LogP contribution in [0.5, 0.6) is 0 Å². The second-order valence-electron chi connectivity index (χ2n) is 8.89. The van der Waals surface area contributed by atoms with Crippen LogP contribution in [0.3, 0.4) is 0 Å². The number of benzene rings is 1. The average Bonchev–Trinajstić information content (AvgIpc) is 2.57. The summed E-state index contributed by atoms with van der Waals surface area (Å²) in [4.78, 5) is 17.6. The minimum absolute atomic E-state index is 0.123. The molecule has 1 aliphatic rings. The SMILES string of the molecule is Cc1cc(CC(=S)CN)c(C)c(CN2CCN(C(=O)OC(C)(C)C)[C@@H](C)C2)c1. The van der Waals surface area contributed by atoms with E-state index in [9.17, 15) is 4.79 Å². The van der Waals surface area contributed by atoms with E-state index in [-0.39, 0.29) is 12.1 Å². The minimum atomic E-state index is -0.465. The first-order valence-electron chi connectivity index (χ1n) is 10.0. The van der Waals surface area contributed by atoms with Gasteiger partial charge in [0.25, 0.3) is 0 Å². The number of hydrogen-bond donors (Lipinski definition) is 1. The molecule has 1 aromatic rings. The van der Waals surface area contributed by atoms with Gasteiger partial charge in [-0.25, -0.2) is 4.79 Å². The maximum Gasteiger partial charge on any atom is 0.410 e. The van der Waals surface area contributed by atoms with Gasteiger partial charge in [0.1, 0.15) is 5.60 Å². The highest BCUT2D eigenvalue weighted by molar-refractivity contribution is 7.80. The van der Waals surface area contributed by atoms with E-state index in [4.69, 9.17) is 22.7 Å². The lowest BCUT2D eigenvalue weighted by Gasteiger charge is -2.40. The number of carbonyl (C=O) groups excluding carboxylic acids is 1. The molecule has 1 fully saturated rings. The molecule has 1 aliphatic heterocycles. The summed E-state index contributed by atoms with van der Waals surface area (Å²) < 4.78 is 5.55. The molecule has 0 aromatic heterocycles. The summed E-state index contributed by atoms with van der Waals surface area (Å²) in [5, 5.41) is 0. The van der Waals surface area contributed by atoms with Crippen LogP contribution < -0.4 is 5.73 Å². The monoisotopic (exact) mass is 405 g/mol. The predicted octanol–water partition coefficient (Wildman–Crippen LogP) is 3.62. The number of carbonyl (C=O) groups is 1. The molecule has 1 saturated heterocycles. The van der Waals surface area contributed by atoms with Crippen molar-refractivity contribution in [3.63, 3.8) is 0 Å². The molecular formula is C22H35N3O2S. The van der Waals surface area contributed by atoms with Crippen molar-refractivity contribution in [2.24, 2.45) is 5.73 Å². The summed E-state index contributed by atoms with van der Waals surface area (Å²) >= 11 is 5.35. The molecular weight excluding hydrogens is 370 g/mol. The van der Waals surface area contributed by atoms with Gasteiger partial charge >= 0.3 is 6.09 Å². The maximum atomic E-state index is 12.4. The minimum Gasteiger partial charge on any atom is -0.444 e. The lowest BCUT2D eigenvalue weighted by molar-refractivity contribution is 0.000537. The van der Waals surface area contributed by atoms with Gasteiger partial charge in [0.15, 0.2) is 0 Å². The first-order valence-corrected chi connectivity index (χ1v) is 10.4. The number of aryl methyl sites for hydroxylation is 1. The van der Waals surface area contributed by atoms with Gasteiger partial charge in [-0.3, -0.25) is 4.90 Å². The summed E-state index contributed by atoms with van der Waals surface area (Å²) in [6, 6.07) is 4.59. The molecule has 156 valence electrons. The third kappa shape index (κ3) is 6.26. The Labute approximate surface area is 175 Å². The number of piperazine rings is 1. The number of rotatable bonds is 5. The number of amides is 1. The Kier molecular flexibility index (Phi) is 7.59. The van der Waals surface area contributed by atoms with Gasteiger partial charge in [-0.2, -0.15) is 0 Å². The molecule has 6 heteroatoms. The third-order valence-corrected chi connectivity index (χ3v) is 5.43. The molecule has 28 heavy (non-hydrogen) atoms. The quantitative estimate of drug-likeness (QED) is 0.758. The zero-order valence-corrected chi connectivity index (χ0v) is 19.0. The van der Waals surface area contributed by atoms with Gasteiger partial charge < -0.3 is 15.4 Å². The van der Waals surface area contributed by atoms with Gasteiger partial charge in [0.2, 0.25) is 0 Å². The largest absolute Gasteiger partial charge is 0.444 e. The Morgan fingerprint density at radius 2 is 1.89 bits per heavy atom. The van der Waals surface area contributed by atoms with Crippen molar-refractivity contribution in [3.8, 4) is 0 Å². The fourth-order valence-corrected chi connectivity index (χ4v) is 3.81. The number of nitrogens with zero attached hydrogens (tertiary/aromatic N) is 2. The van der Waals surface area contributed by atoms with Crippen LogP contribution in [0.25, 0.3) is 0 Å². The van der Waals surface area contributed by atoms with Crippen molar-refractivity contribution in [3.05, 3.63) is 34.4 Å². The van der Waals surface area contributed by atoms with Gasteiger partial charge in [0.05, 0.1) is 0 Å². The van der Waals surface area contributed by atoms with Crippen molar-refractivity contribution in [1.82, 2.24) is 9.80 Å². The van der Waals surface area contributed by atoms with Crippen LogP contribution in [0.4, 0.5) is 4.79 Å². The molecule has 0 bridgehead atoms. The van der Waals surface area contributed by atoms with Crippen LogP contribution >= 0.6 is 12.2 Å². The Bertz CT molecular complexity index is 727. The highest BCUT2D eigenvalue weighted by atomic mass is 32.1. The van der Waals surface area contributed by atoms with Crippen LogP contribution in [0.1, 0.15) is 49.9 Å². The molecule has 0 radical (unpaired) electrons. The van der Waals surface area contributed by atoms with Crippen molar-refractivity contribution in [2.75, 3.05) is 26.2 Å². The van der Waals surface area contributed by atoms with Crippen LogP contribution in [0.2, 0.25) is 0 Å². The van der Waals surface area contributed by atoms with Crippen LogP contribution in [-0.2, 0) is 17.7 Å². The third-order valence-electron chi connectivity index (χ3n) is 5.12. The van der Waals surface area contributed by atoms with E-state index in [0.29, 0.717) is 13.1 Å². The van der Waals surface area contributed by atoms with E-state index < -0.39 is 5.60 Å². The summed E-state index contributed by atoms with van der Waals surface area (Å²) in [6.07, 6.45) is 0.541. The van der Waals surface area contributed by atoms with E-state index >= 15 is 0 Å². The Balaban J connectivity index is 2.06. The molecule has 2 N–H and O–H groups in total. The highest BCUT2D eigenvalue weighted by Gasteiger charge is 2.31. The predicted molar refractivity (Wildman–Crippen MR) is 119 cm³/mol. The first-order chi connectivity index (χ1) is 13.0. The fraction of sp³-hybridized carbons (Fsp3) is 0.636. The average molecular weight is 406 g/mol. The zero-order chi connectivity index (χ0) is 21.1. The highest BCUT2D eigenvalue weighted by Crippen LogP contribution is 2.22. The van der Waals surface area contributed by atoms with Crippen molar-refractivity contribution in [1.29, 1.82) is 0 Å². The maximum absolute atomic E-state index is 12.4. The summed E-state index contributed by atoms with van der Waals surface area (Å²) in [5.41, 5.74) is 10.4. The molecule has 0 unspecified atom stereocenters. The van der Waals surface area contributed by atoms with E-state index in [1.54, 1.807) is 0 Å². The number of ether oxygens (including phenoxy) is 1. The molecule has 1 atom stereocenters. The second-order valence-corrected chi connectivity index (χ2v) is 9.46. The smallest absolute Gasteiger partial charge is 0.410 e. The van der Waals surface area contributed by atoms with Crippen molar-refractivity contribution in [2.45, 2.75) is 66.2 Å². The lowest BCUT2D eigenvalue weighted by Crippen LogP contribution is -2.54. The normalized spacial score (nSPS) is 18.2. The summed E-state index contributed by atoms with van der Waals surface area (Å²) in [7, 11) is 0. The van der Waals surface area contributed by atoms with E-state index in [2.05, 4.69) is 37.8 Å². The van der Waals surface area contributed by atoms with Gasteiger partial charge in [-0.15, -0.1) is 0 Å². The van der Waals surface area contributed by atoms with Crippen molar-refractivity contribution < 1.29 is 9.53 Å². The Morgan fingerprint density at radius 1 is 1.25 bits per heavy atom. The molecule has 2 rings (SSSR count). The number of hydrogen-bond acceptors (Lipinski definition) is 5. The molecule has 5 nitrogen and oxygen atoms in total. The van der Waals surface area contributed by atoms with E-state index in [0.717, 1.165) is 30.9 Å². The molecule has 1 aromatic carbocycles. The fourth-order valence-electron chi connectivity index (χ4n) is 3.66. The first kappa shape index (κ1) is 22.8. The second kappa shape index (κ2) is 9.33. The van der Waals surface area contributed by atoms with E-state index in [1.807, 2.05) is 25.7 Å². The molecule has 1 heterocycles. The lowest BCUT2D eigenvalue weighted by atomic mass is 9.95. The van der Waals surface area contributed by atoms with Crippen LogP contribution in [0.15, 0.2) is 12.1 Å². The molecule has 1 amide bonds. The molecule has 0 spiro atoms. The van der Waals surface area contributed by atoms with Gasteiger partial charge in [-0.05, 0) is 58.2 Å². The topological polar surface area (TPSA) is 58.8 Å². The van der Waals surface area contributed by atoms with Crippen LogP contribution in [0, 0.1) is 13.8 Å². The zero-order valence-electron chi connectivity index (χ0n) is 18.2. The Morgan fingerprint density at radius 3 is 2.46 bits per heavy atom. The summed E-state index contributed by atoms with van der Waals surface area (Å²) in [6.45, 7) is 15.8.